The van der Waals surface area contributed by atoms with Gasteiger partial charge in [0.2, 0.25) is 0 Å². The van der Waals surface area contributed by atoms with Gasteiger partial charge in [-0.3, -0.25) is 4.68 Å². The van der Waals surface area contributed by atoms with Crippen LogP contribution in [0.25, 0.3) is 0 Å². The highest BCUT2D eigenvalue weighted by molar-refractivity contribution is 6.30. The van der Waals surface area contributed by atoms with Crippen molar-refractivity contribution in [3.05, 3.63) is 40.3 Å². The van der Waals surface area contributed by atoms with Crippen LogP contribution < -0.4 is 5.73 Å². The fraction of sp³-hybridized carbons (Fsp3) is 0.333. The van der Waals surface area contributed by atoms with Gasteiger partial charge in [-0.15, -0.1) is 0 Å². The van der Waals surface area contributed by atoms with Gasteiger partial charge in [0.05, 0.1) is 10.7 Å². The third kappa shape index (κ3) is 2.58. The maximum absolute atomic E-state index is 5.92. The Morgan fingerprint density at radius 3 is 2.88 bits per heavy atom. The molecule has 0 radical (unpaired) electrons. The molecule has 0 spiro atoms. The van der Waals surface area contributed by atoms with Crippen molar-refractivity contribution in [2.24, 2.45) is 0 Å². The number of hydrogen-bond acceptors (Lipinski definition) is 3. The summed E-state index contributed by atoms with van der Waals surface area (Å²) in [4.78, 5) is 4.05. The topological polar surface area (TPSA) is 56.7 Å². The standard InChI is InChI=1S/C12H15ClN4/c1-3-17-11(4-8(2)16-17)6-9-5-10(13)7-15-12(9)14/h4-5,7H,3,6H2,1-2H3,(H2,14,15). The Labute approximate surface area is 105 Å². The Balaban J connectivity index is 2.33. The Hall–Kier alpha value is -1.55. The Morgan fingerprint density at radius 1 is 1.41 bits per heavy atom. The number of nitrogens with two attached hydrogens (primary N) is 1. The molecule has 2 rings (SSSR count). The summed E-state index contributed by atoms with van der Waals surface area (Å²) in [6, 6.07) is 3.91. The largest absolute Gasteiger partial charge is 0.383 e. The van der Waals surface area contributed by atoms with Crippen LogP contribution in [0.3, 0.4) is 0 Å². The molecule has 0 saturated carbocycles. The average Bonchev–Trinajstić information content (AvgIpc) is 2.64. The molecule has 2 aromatic heterocycles. The van der Waals surface area contributed by atoms with Gasteiger partial charge in [0.15, 0.2) is 0 Å². The van der Waals surface area contributed by atoms with Gasteiger partial charge in [0.25, 0.3) is 0 Å². The van der Waals surface area contributed by atoms with Crippen molar-refractivity contribution in [1.29, 1.82) is 0 Å². The quantitative estimate of drug-likeness (QED) is 0.910. The van der Waals surface area contributed by atoms with Crippen LogP contribution in [0, 0.1) is 6.92 Å². The summed E-state index contributed by atoms with van der Waals surface area (Å²) >= 11 is 5.92. The highest BCUT2D eigenvalue weighted by atomic mass is 35.5. The first-order valence-corrected chi connectivity index (χ1v) is 5.91. The van der Waals surface area contributed by atoms with Crippen molar-refractivity contribution in [1.82, 2.24) is 14.8 Å². The number of hydrogen-bond donors (Lipinski definition) is 1. The van der Waals surface area contributed by atoms with E-state index in [0.717, 1.165) is 23.5 Å². The SMILES string of the molecule is CCn1nc(C)cc1Cc1cc(Cl)cnc1N. The van der Waals surface area contributed by atoms with Crippen molar-refractivity contribution in [2.75, 3.05) is 5.73 Å². The molecule has 90 valence electrons. The number of pyridine rings is 1. The lowest BCUT2D eigenvalue weighted by Gasteiger charge is -2.07. The number of rotatable bonds is 3. The van der Waals surface area contributed by atoms with Crippen LogP contribution in [0.1, 0.15) is 23.9 Å². The molecule has 0 unspecified atom stereocenters. The molecule has 0 fully saturated rings. The third-order valence-corrected chi connectivity index (χ3v) is 2.83. The molecule has 0 bridgehead atoms. The van der Waals surface area contributed by atoms with Crippen LogP contribution in [-0.4, -0.2) is 14.8 Å². The fourth-order valence-corrected chi connectivity index (χ4v) is 2.02. The van der Waals surface area contributed by atoms with E-state index >= 15 is 0 Å². The molecule has 0 amide bonds. The Bertz CT molecular complexity index is 533. The Morgan fingerprint density at radius 2 is 2.18 bits per heavy atom. The molecule has 0 aliphatic heterocycles. The summed E-state index contributed by atoms with van der Waals surface area (Å²) in [7, 11) is 0. The van der Waals surface area contributed by atoms with E-state index in [1.54, 1.807) is 6.20 Å². The zero-order chi connectivity index (χ0) is 12.4. The normalized spacial score (nSPS) is 10.8. The molecule has 2 aromatic rings. The van der Waals surface area contributed by atoms with Gasteiger partial charge in [0.1, 0.15) is 5.82 Å². The molecular weight excluding hydrogens is 236 g/mol. The highest BCUT2D eigenvalue weighted by Gasteiger charge is 2.08. The monoisotopic (exact) mass is 250 g/mol. The molecule has 5 heteroatoms. The summed E-state index contributed by atoms with van der Waals surface area (Å²) in [6.45, 7) is 4.89. The minimum atomic E-state index is 0.524. The molecule has 0 saturated heterocycles. The van der Waals surface area contributed by atoms with E-state index in [1.807, 2.05) is 17.7 Å². The van der Waals surface area contributed by atoms with Crippen LogP contribution in [0.5, 0.6) is 0 Å². The van der Waals surface area contributed by atoms with Crippen molar-refractivity contribution < 1.29 is 0 Å². The molecule has 2 heterocycles. The van der Waals surface area contributed by atoms with Gasteiger partial charge in [-0.2, -0.15) is 5.10 Å². The van der Waals surface area contributed by atoms with Gasteiger partial charge in [0, 0.05) is 30.4 Å². The first-order chi connectivity index (χ1) is 8.10. The number of anilines is 1. The van der Waals surface area contributed by atoms with E-state index in [0.29, 0.717) is 17.3 Å². The average molecular weight is 251 g/mol. The molecule has 2 N–H and O–H groups in total. The molecule has 0 aromatic carbocycles. The second-order valence-corrected chi connectivity index (χ2v) is 4.40. The first kappa shape index (κ1) is 11.9. The molecule has 0 aliphatic carbocycles. The van der Waals surface area contributed by atoms with Crippen LogP contribution >= 0.6 is 11.6 Å². The fourth-order valence-electron chi connectivity index (χ4n) is 1.84. The van der Waals surface area contributed by atoms with Crippen LogP contribution in [0.4, 0.5) is 5.82 Å². The first-order valence-electron chi connectivity index (χ1n) is 5.53. The second kappa shape index (κ2) is 4.75. The number of aromatic nitrogens is 3. The van der Waals surface area contributed by atoms with Gasteiger partial charge in [-0.1, -0.05) is 11.6 Å². The number of nitrogen functional groups attached to an aromatic ring is 1. The predicted molar refractivity (Wildman–Crippen MR) is 69.1 cm³/mol. The summed E-state index contributed by atoms with van der Waals surface area (Å²) in [5.74, 6) is 0.524. The van der Waals surface area contributed by atoms with Crippen molar-refractivity contribution in [3.63, 3.8) is 0 Å². The van der Waals surface area contributed by atoms with Gasteiger partial charge in [-0.05, 0) is 26.0 Å². The summed E-state index contributed by atoms with van der Waals surface area (Å²) < 4.78 is 1.97. The number of halogens is 1. The zero-order valence-electron chi connectivity index (χ0n) is 9.94. The predicted octanol–water partition coefficient (Wildman–Crippen LogP) is 2.43. The van der Waals surface area contributed by atoms with E-state index < -0.39 is 0 Å². The van der Waals surface area contributed by atoms with Crippen LogP contribution in [-0.2, 0) is 13.0 Å². The maximum Gasteiger partial charge on any atom is 0.127 e. The Kier molecular flexibility index (Phi) is 3.33. The molecule has 0 atom stereocenters. The zero-order valence-corrected chi connectivity index (χ0v) is 10.7. The smallest absolute Gasteiger partial charge is 0.127 e. The molecule has 17 heavy (non-hydrogen) atoms. The van der Waals surface area contributed by atoms with Gasteiger partial charge >= 0.3 is 0 Å². The van der Waals surface area contributed by atoms with Crippen LogP contribution in [0.15, 0.2) is 18.3 Å². The van der Waals surface area contributed by atoms with Gasteiger partial charge in [-0.25, -0.2) is 4.98 Å². The lowest BCUT2D eigenvalue weighted by Crippen LogP contribution is -2.05. The third-order valence-electron chi connectivity index (χ3n) is 2.62. The van der Waals surface area contributed by atoms with E-state index in [9.17, 15) is 0 Å². The summed E-state index contributed by atoms with van der Waals surface area (Å²) in [5, 5.41) is 5.00. The van der Waals surface area contributed by atoms with E-state index in [1.165, 1.54) is 0 Å². The molecule has 4 nitrogen and oxygen atoms in total. The van der Waals surface area contributed by atoms with Crippen LogP contribution in [0.2, 0.25) is 5.02 Å². The van der Waals surface area contributed by atoms with Gasteiger partial charge < -0.3 is 5.73 Å². The second-order valence-electron chi connectivity index (χ2n) is 3.97. The van der Waals surface area contributed by atoms with E-state index in [-0.39, 0.29) is 0 Å². The minimum absolute atomic E-state index is 0.524. The maximum atomic E-state index is 5.92. The number of nitrogens with zero attached hydrogens (tertiary/aromatic N) is 3. The lowest BCUT2D eigenvalue weighted by molar-refractivity contribution is 0.625. The van der Waals surface area contributed by atoms with Crippen molar-refractivity contribution in [2.45, 2.75) is 26.8 Å². The van der Waals surface area contributed by atoms with Crippen molar-refractivity contribution >= 4 is 17.4 Å². The minimum Gasteiger partial charge on any atom is -0.383 e. The molecular formula is C12H15ClN4. The summed E-state index contributed by atoms with van der Waals surface area (Å²) in [6.07, 6.45) is 2.26. The lowest BCUT2D eigenvalue weighted by atomic mass is 10.1. The van der Waals surface area contributed by atoms with E-state index in [4.69, 9.17) is 17.3 Å². The van der Waals surface area contributed by atoms with Crippen molar-refractivity contribution in [3.8, 4) is 0 Å². The van der Waals surface area contributed by atoms with E-state index in [2.05, 4.69) is 23.1 Å². The molecule has 0 aliphatic rings. The highest BCUT2D eigenvalue weighted by Crippen LogP contribution is 2.19. The number of aryl methyl sites for hydroxylation is 2. The summed E-state index contributed by atoms with van der Waals surface area (Å²) in [5.41, 5.74) is 8.91.